The maximum Gasteiger partial charge on any atom is 0.255 e. The van der Waals surface area contributed by atoms with Crippen molar-refractivity contribution < 1.29 is 9.53 Å². The van der Waals surface area contributed by atoms with Gasteiger partial charge < -0.3 is 10.1 Å². The first-order valence-corrected chi connectivity index (χ1v) is 8.21. The van der Waals surface area contributed by atoms with Gasteiger partial charge in [-0.15, -0.1) is 0 Å². The maximum atomic E-state index is 12.5. The topological polar surface area (TPSA) is 79.9 Å². The van der Waals surface area contributed by atoms with Crippen LogP contribution in [0.5, 0.6) is 5.75 Å². The molecule has 0 saturated heterocycles. The highest BCUT2D eigenvalue weighted by molar-refractivity contribution is 6.05. The molecule has 0 unspecified atom stereocenters. The SMILES string of the molecule is COc1c(C(=O)NC2CC2)ccc2n[nH]c(/C=C/c3ccccn3)c12. The van der Waals surface area contributed by atoms with Crippen LogP contribution in [0.3, 0.4) is 0 Å². The van der Waals surface area contributed by atoms with Crippen molar-refractivity contribution in [3.05, 3.63) is 53.5 Å². The van der Waals surface area contributed by atoms with E-state index in [0.29, 0.717) is 17.4 Å². The first-order valence-electron chi connectivity index (χ1n) is 8.21. The van der Waals surface area contributed by atoms with Gasteiger partial charge in [-0.2, -0.15) is 5.10 Å². The minimum Gasteiger partial charge on any atom is -0.495 e. The summed E-state index contributed by atoms with van der Waals surface area (Å²) >= 11 is 0. The van der Waals surface area contributed by atoms with Gasteiger partial charge in [0.1, 0.15) is 5.75 Å². The molecule has 1 aromatic carbocycles. The van der Waals surface area contributed by atoms with E-state index in [9.17, 15) is 4.79 Å². The van der Waals surface area contributed by atoms with E-state index in [2.05, 4.69) is 20.5 Å². The first kappa shape index (κ1) is 15.4. The van der Waals surface area contributed by atoms with Crippen molar-refractivity contribution in [3.8, 4) is 5.75 Å². The molecular weight excluding hydrogens is 316 g/mol. The highest BCUT2D eigenvalue weighted by atomic mass is 16.5. The molecule has 2 heterocycles. The number of amides is 1. The van der Waals surface area contributed by atoms with E-state index in [4.69, 9.17) is 4.74 Å². The number of rotatable bonds is 5. The number of ether oxygens (including phenoxy) is 1. The molecule has 126 valence electrons. The Morgan fingerprint density at radius 2 is 2.16 bits per heavy atom. The van der Waals surface area contributed by atoms with Gasteiger partial charge in [0.2, 0.25) is 0 Å². The third kappa shape index (κ3) is 3.10. The van der Waals surface area contributed by atoms with Crippen LogP contribution in [0.2, 0.25) is 0 Å². The molecule has 6 nitrogen and oxygen atoms in total. The van der Waals surface area contributed by atoms with Crippen LogP contribution in [0.4, 0.5) is 0 Å². The highest BCUT2D eigenvalue weighted by Gasteiger charge is 2.26. The molecule has 0 aliphatic heterocycles. The molecule has 0 atom stereocenters. The molecule has 0 radical (unpaired) electrons. The maximum absolute atomic E-state index is 12.5. The lowest BCUT2D eigenvalue weighted by Crippen LogP contribution is -2.25. The Labute approximate surface area is 144 Å². The van der Waals surface area contributed by atoms with Gasteiger partial charge in [-0.3, -0.25) is 14.9 Å². The zero-order valence-electron chi connectivity index (χ0n) is 13.8. The normalized spacial score (nSPS) is 14.1. The number of aromatic amines is 1. The number of carbonyl (C=O) groups excluding carboxylic acids is 1. The van der Waals surface area contributed by atoms with Crippen LogP contribution in [-0.2, 0) is 0 Å². The van der Waals surface area contributed by atoms with Crippen LogP contribution in [0.25, 0.3) is 23.1 Å². The largest absolute Gasteiger partial charge is 0.495 e. The summed E-state index contributed by atoms with van der Waals surface area (Å²) in [4.78, 5) is 16.8. The second-order valence-electron chi connectivity index (χ2n) is 6.01. The molecule has 1 amide bonds. The van der Waals surface area contributed by atoms with E-state index in [0.717, 1.165) is 35.1 Å². The smallest absolute Gasteiger partial charge is 0.255 e. The molecule has 25 heavy (non-hydrogen) atoms. The summed E-state index contributed by atoms with van der Waals surface area (Å²) in [6.07, 6.45) is 7.61. The van der Waals surface area contributed by atoms with Crippen molar-refractivity contribution in [3.63, 3.8) is 0 Å². The van der Waals surface area contributed by atoms with Crippen LogP contribution < -0.4 is 10.1 Å². The van der Waals surface area contributed by atoms with Gasteiger partial charge >= 0.3 is 0 Å². The number of nitrogens with one attached hydrogen (secondary N) is 2. The molecule has 0 spiro atoms. The molecule has 1 aliphatic carbocycles. The first-order chi connectivity index (χ1) is 12.3. The monoisotopic (exact) mass is 334 g/mol. The van der Waals surface area contributed by atoms with E-state index in [1.165, 1.54) is 0 Å². The van der Waals surface area contributed by atoms with Gasteiger partial charge in [-0.25, -0.2) is 0 Å². The number of pyridine rings is 1. The van der Waals surface area contributed by atoms with Crippen LogP contribution >= 0.6 is 0 Å². The Kier molecular flexibility index (Phi) is 3.93. The van der Waals surface area contributed by atoms with E-state index in [1.807, 2.05) is 36.4 Å². The van der Waals surface area contributed by atoms with Crippen LogP contribution in [0.15, 0.2) is 36.5 Å². The van der Waals surface area contributed by atoms with E-state index in [-0.39, 0.29) is 5.91 Å². The lowest BCUT2D eigenvalue weighted by molar-refractivity contribution is 0.0948. The van der Waals surface area contributed by atoms with Gasteiger partial charge in [0.05, 0.1) is 35.0 Å². The zero-order valence-corrected chi connectivity index (χ0v) is 13.8. The number of methoxy groups -OCH3 is 1. The summed E-state index contributed by atoms with van der Waals surface area (Å²) in [7, 11) is 1.57. The van der Waals surface area contributed by atoms with E-state index < -0.39 is 0 Å². The lowest BCUT2D eigenvalue weighted by atomic mass is 10.1. The Morgan fingerprint density at radius 3 is 2.88 bits per heavy atom. The fourth-order valence-electron chi connectivity index (χ4n) is 2.75. The predicted octanol–water partition coefficient (Wildman–Crippen LogP) is 3.03. The number of fused-ring (bicyclic) bond motifs is 1. The van der Waals surface area contributed by atoms with Gasteiger partial charge in [0, 0.05) is 12.2 Å². The molecule has 2 N–H and O–H groups in total. The van der Waals surface area contributed by atoms with Gasteiger partial charge in [0.25, 0.3) is 5.91 Å². The third-order valence-electron chi connectivity index (χ3n) is 4.17. The standard InChI is InChI=1S/C19H18N4O2/c1-25-18-14(19(24)21-13-5-6-13)8-10-16-17(18)15(22-23-16)9-7-12-4-2-3-11-20-12/h2-4,7-11,13H,5-6H2,1H3,(H,21,24)(H,22,23)/b9-7+. The molecule has 1 aliphatic rings. The fourth-order valence-corrected chi connectivity index (χ4v) is 2.75. The number of hydrogen-bond acceptors (Lipinski definition) is 4. The summed E-state index contributed by atoms with van der Waals surface area (Å²) in [5.74, 6) is 0.423. The van der Waals surface area contributed by atoms with Crippen molar-refractivity contribution in [2.24, 2.45) is 0 Å². The summed E-state index contributed by atoms with van der Waals surface area (Å²) in [5, 5.41) is 11.1. The van der Waals surface area contributed by atoms with Crippen molar-refractivity contribution in [2.45, 2.75) is 18.9 Å². The minimum atomic E-state index is -0.109. The summed E-state index contributed by atoms with van der Waals surface area (Å²) in [6, 6.07) is 9.59. The molecule has 3 aromatic rings. The lowest BCUT2D eigenvalue weighted by Gasteiger charge is -2.10. The van der Waals surface area contributed by atoms with Crippen LogP contribution in [-0.4, -0.2) is 34.2 Å². The molecular formula is C19H18N4O2. The highest BCUT2D eigenvalue weighted by Crippen LogP contribution is 2.32. The second-order valence-corrected chi connectivity index (χ2v) is 6.01. The predicted molar refractivity (Wildman–Crippen MR) is 96.3 cm³/mol. The van der Waals surface area contributed by atoms with Crippen molar-refractivity contribution >= 4 is 29.0 Å². The zero-order chi connectivity index (χ0) is 17.2. The Hall–Kier alpha value is -3.15. The fraction of sp³-hybridized carbons (Fsp3) is 0.211. The van der Waals surface area contributed by atoms with Crippen molar-refractivity contribution in [1.29, 1.82) is 0 Å². The third-order valence-corrected chi connectivity index (χ3v) is 4.17. The average molecular weight is 334 g/mol. The molecule has 0 bridgehead atoms. The average Bonchev–Trinajstić information content (AvgIpc) is 3.36. The number of hydrogen-bond donors (Lipinski definition) is 2. The molecule has 6 heteroatoms. The Balaban J connectivity index is 1.75. The van der Waals surface area contributed by atoms with Crippen molar-refractivity contribution in [2.75, 3.05) is 7.11 Å². The second kappa shape index (κ2) is 6.39. The van der Waals surface area contributed by atoms with Crippen LogP contribution in [0, 0.1) is 0 Å². The van der Waals surface area contributed by atoms with Gasteiger partial charge in [-0.1, -0.05) is 6.07 Å². The number of aromatic nitrogens is 3. The van der Waals surface area contributed by atoms with Crippen molar-refractivity contribution in [1.82, 2.24) is 20.5 Å². The van der Waals surface area contributed by atoms with Gasteiger partial charge in [0.15, 0.2) is 0 Å². The van der Waals surface area contributed by atoms with Gasteiger partial charge in [-0.05, 0) is 49.3 Å². The molecule has 4 rings (SSSR count). The summed E-state index contributed by atoms with van der Waals surface area (Å²) in [5.41, 5.74) is 2.89. The molecule has 1 saturated carbocycles. The Bertz CT molecular complexity index is 943. The number of nitrogens with zero attached hydrogens (tertiary/aromatic N) is 2. The van der Waals surface area contributed by atoms with Crippen LogP contribution in [0.1, 0.15) is 34.6 Å². The number of benzene rings is 1. The number of H-pyrrole nitrogens is 1. The summed E-state index contributed by atoms with van der Waals surface area (Å²) < 4.78 is 5.56. The van der Waals surface area contributed by atoms with E-state index in [1.54, 1.807) is 19.4 Å². The van der Waals surface area contributed by atoms with E-state index >= 15 is 0 Å². The molecule has 1 fully saturated rings. The summed E-state index contributed by atoms with van der Waals surface area (Å²) in [6.45, 7) is 0. The molecule has 2 aromatic heterocycles. The quantitative estimate of drug-likeness (QED) is 0.751. The number of carbonyl (C=O) groups is 1. The minimum absolute atomic E-state index is 0.109. The Morgan fingerprint density at radius 1 is 1.28 bits per heavy atom.